The van der Waals surface area contributed by atoms with Crippen molar-refractivity contribution in [3.8, 4) is 0 Å². The second kappa shape index (κ2) is 2.53. The molecule has 0 aliphatic rings. The van der Waals surface area contributed by atoms with Crippen LogP contribution >= 0.6 is 27.3 Å². The maximum Gasteiger partial charge on any atom is 0.128 e. The number of hydrogen-bond acceptors (Lipinski definition) is 3. The van der Waals surface area contributed by atoms with Gasteiger partial charge in [0, 0.05) is 10.3 Å². The molecule has 2 nitrogen and oxygen atoms in total. The third-order valence-corrected chi connectivity index (χ3v) is 2.99. The number of aryl methyl sites for hydroxylation is 1. The Bertz CT molecular complexity index is 396. The molecular formula is C7H5BrN2S. The molecule has 56 valence electrons. The summed E-state index contributed by atoms with van der Waals surface area (Å²) in [5.41, 5.74) is 0. The van der Waals surface area contributed by atoms with E-state index in [9.17, 15) is 0 Å². The number of rotatable bonds is 0. The maximum atomic E-state index is 4.14. The van der Waals surface area contributed by atoms with Gasteiger partial charge in [-0.05, 0) is 28.9 Å². The Morgan fingerprint density at radius 1 is 1.45 bits per heavy atom. The predicted octanol–water partition coefficient (Wildman–Crippen LogP) is 2.76. The number of aromatic nitrogens is 2. The van der Waals surface area contributed by atoms with E-state index >= 15 is 0 Å². The zero-order chi connectivity index (χ0) is 7.84. The lowest BCUT2D eigenvalue weighted by atomic mass is 10.4. The Morgan fingerprint density at radius 2 is 2.27 bits per heavy atom. The summed E-state index contributed by atoms with van der Waals surface area (Å²) in [4.78, 5) is 10.5. The van der Waals surface area contributed by atoms with E-state index in [1.165, 1.54) is 4.88 Å². The van der Waals surface area contributed by atoms with E-state index in [-0.39, 0.29) is 0 Å². The van der Waals surface area contributed by atoms with E-state index in [4.69, 9.17) is 0 Å². The smallest absolute Gasteiger partial charge is 0.128 e. The first-order chi connectivity index (χ1) is 5.27. The number of hydrogen-bond donors (Lipinski definition) is 0. The average molecular weight is 229 g/mol. The third-order valence-electron chi connectivity index (χ3n) is 1.40. The Morgan fingerprint density at radius 3 is 3.00 bits per heavy atom. The van der Waals surface area contributed by atoms with Gasteiger partial charge in [-0.1, -0.05) is 0 Å². The molecule has 0 bridgehead atoms. The first kappa shape index (κ1) is 7.18. The lowest BCUT2D eigenvalue weighted by molar-refractivity contribution is 1.20. The van der Waals surface area contributed by atoms with Crippen molar-refractivity contribution in [3.63, 3.8) is 0 Å². The summed E-state index contributed by atoms with van der Waals surface area (Å²) in [6.45, 7) is 2.07. The summed E-state index contributed by atoms with van der Waals surface area (Å²) in [5, 5.41) is 1.11. The van der Waals surface area contributed by atoms with Crippen LogP contribution in [0.5, 0.6) is 0 Å². The highest BCUT2D eigenvalue weighted by Gasteiger charge is 2.02. The first-order valence-electron chi connectivity index (χ1n) is 3.14. The molecule has 0 saturated carbocycles. The summed E-state index contributed by atoms with van der Waals surface area (Å²) in [6, 6.07) is 2.09. The minimum Gasteiger partial charge on any atom is -0.229 e. The fraction of sp³-hybridized carbons (Fsp3) is 0.143. The SMILES string of the molecule is Cc1cc2c(Br)ncnc2s1. The molecule has 0 aromatic carbocycles. The van der Waals surface area contributed by atoms with Gasteiger partial charge in [0.1, 0.15) is 15.8 Å². The third kappa shape index (κ3) is 1.16. The highest BCUT2D eigenvalue weighted by atomic mass is 79.9. The lowest BCUT2D eigenvalue weighted by Gasteiger charge is -1.88. The zero-order valence-corrected chi connectivity index (χ0v) is 8.24. The van der Waals surface area contributed by atoms with Crippen LogP contribution in [-0.2, 0) is 0 Å². The summed E-state index contributed by atoms with van der Waals surface area (Å²) < 4.78 is 0.881. The largest absolute Gasteiger partial charge is 0.229 e. The van der Waals surface area contributed by atoms with E-state index in [0.717, 1.165) is 14.8 Å². The van der Waals surface area contributed by atoms with Gasteiger partial charge in [0.05, 0.1) is 0 Å². The van der Waals surface area contributed by atoms with Crippen LogP contribution in [-0.4, -0.2) is 9.97 Å². The van der Waals surface area contributed by atoms with Crippen LogP contribution in [0.15, 0.2) is 17.0 Å². The fourth-order valence-corrected chi connectivity index (χ4v) is 2.32. The van der Waals surface area contributed by atoms with Crippen LogP contribution in [0.4, 0.5) is 0 Å². The minimum absolute atomic E-state index is 0.881. The van der Waals surface area contributed by atoms with Crippen molar-refractivity contribution in [1.82, 2.24) is 9.97 Å². The molecule has 0 amide bonds. The number of thiophene rings is 1. The van der Waals surface area contributed by atoms with Crippen LogP contribution in [0.2, 0.25) is 0 Å². The van der Waals surface area contributed by atoms with Crippen LogP contribution in [0.3, 0.4) is 0 Å². The fourth-order valence-electron chi connectivity index (χ4n) is 0.947. The first-order valence-corrected chi connectivity index (χ1v) is 4.75. The van der Waals surface area contributed by atoms with Crippen LogP contribution in [0, 0.1) is 6.92 Å². The number of fused-ring (bicyclic) bond motifs is 1. The van der Waals surface area contributed by atoms with Gasteiger partial charge in [-0.3, -0.25) is 0 Å². The van der Waals surface area contributed by atoms with Crippen molar-refractivity contribution < 1.29 is 0 Å². The molecule has 2 rings (SSSR count). The Balaban J connectivity index is 2.90. The van der Waals surface area contributed by atoms with E-state index < -0.39 is 0 Å². The normalized spacial score (nSPS) is 10.7. The molecule has 0 N–H and O–H groups in total. The van der Waals surface area contributed by atoms with Gasteiger partial charge in [-0.15, -0.1) is 11.3 Å². The van der Waals surface area contributed by atoms with Crippen molar-refractivity contribution in [2.45, 2.75) is 6.92 Å². The van der Waals surface area contributed by atoms with Gasteiger partial charge in [0.2, 0.25) is 0 Å². The van der Waals surface area contributed by atoms with Crippen molar-refractivity contribution in [2.75, 3.05) is 0 Å². The molecule has 0 saturated heterocycles. The second-order valence-electron chi connectivity index (χ2n) is 2.24. The van der Waals surface area contributed by atoms with E-state index in [1.54, 1.807) is 17.7 Å². The van der Waals surface area contributed by atoms with Gasteiger partial charge in [-0.25, -0.2) is 9.97 Å². The quantitative estimate of drug-likeness (QED) is 0.649. The summed E-state index contributed by atoms with van der Waals surface area (Å²) in [6.07, 6.45) is 1.57. The summed E-state index contributed by atoms with van der Waals surface area (Å²) >= 11 is 5.05. The van der Waals surface area contributed by atoms with Gasteiger partial charge >= 0.3 is 0 Å². The molecular weight excluding hydrogens is 224 g/mol. The van der Waals surface area contributed by atoms with Gasteiger partial charge < -0.3 is 0 Å². The zero-order valence-electron chi connectivity index (χ0n) is 5.84. The summed E-state index contributed by atoms with van der Waals surface area (Å²) in [7, 11) is 0. The molecule has 0 fully saturated rings. The van der Waals surface area contributed by atoms with E-state index in [0.29, 0.717) is 0 Å². The van der Waals surface area contributed by atoms with Crippen LogP contribution in [0.25, 0.3) is 10.2 Å². The average Bonchev–Trinajstić information content (AvgIpc) is 2.31. The predicted molar refractivity (Wildman–Crippen MR) is 49.9 cm³/mol. The monoisotopic (exact) mass is 228 g/mol. The van der Waals surface area contributed by atoms with Crippen LogP contribution < -0.4 is 0 Å². The van der Waals surface area contributed by atoms with Crippen molar-refractivity contribution in [3.05, 3.63) is 21.9 Å². The lowest BCUT2D eigenvalue weighted by Crippen LogP contribution is -1.76. The highest BCUT2D eigenvalue weighted by molar-refractivity contribution is 9.10. The molecule has 0 spiro atoms. The summed E-state index contributed by atoms with van der Waals surface area (Å²) in [5.74, 6) is 0. The Hall–Kier alpha value is -0.480. The molecule has 2 aromatic rings. The van der Waals surface area contributed by atoms with Crippen molar-refractivity contribution in [2.24, 2.45) is 0 Å². The standard InChI is InChI=1S/C7H5BrN2S/c1-4-2-5-6(8)9-3-10-7(5)11-4/h2-3H,1H3. The molecule has 0 unspecified atom stereocenters. The molecule has 0 aliphatic heterocycles. The van der Waals surface area contributed by atoms with Gasteiger partial charge in [0.25, 0.3) is 0 Å². The van der Waals surface area contributed by atoms with Gasteiger partial charge in [-0.2, -0.15) is 0 Å². The molecule has 0 atom stereocenters. The highest BCUT2D eigenvalue weighted by Crippen LogP contribution is 2.26. The Labute approximate surface area is 76.4 Å². The Kier molecular flexibility index (Phi) is 1.65. The van der Waals surface area contributed by atoms with Crippen molar-refractivity contribution >= 4 is 37.5 Å². The van der Waals surface area contributed by atoms with E-state index in [2.05, 4.69) is 38.9 Å². The minimum atomic E-state index is 0.881. The van der Waals surface area contributed by atoms with Gasteiger partial charge in [0.15, 0.2) is 0 Å². The van der Waals surface area contributed by atoms with Crippen molar-refractivity contribution in [1.29, 1.82) is 0 Å². The maximum absolute atomic E-state index is 4.14. The van der Waals surface area contributed by atoms with Crippen LogP contribution in [0.1, 0.15) is 4.88 Å². The molecule has 2 aromatic heterocycles. The van der Waals surface area contributed by atoms with E-state index in [1.807, 2.05) is 0 Å². The molecule has 11 heavy (non-hydrogen) atoms. The molecule has 4 heteroatoms. The molecule has 0 aliphatic carbocycles. The topological polar surface area (TPSA) is 25.8 Å². The number of halogens is 1. The molecule has 2 heterocycles. The second-order valence-corrected chi connectivity index (χ2v) is 4.23. The molecule has 0 radical (unpaired) electrons. The number of nitrogens with zero attached hydrogens (tertiary/aromatic N) is 2.